The average Bonchev–Trinajstić information content (AvgIpc) is 2.83. The number of phenols is 1. The fraction of sp³-hybridized carbons (Fsp3) is 0.632. The van der Waals surface area contributed by atoms with E-state index in [1.807, 2.05) is 32.9 Å². The van der Waals surface area contributed by atoms with Crippen LogP contribution in [0, 0.1) is 0 Å². The quantitative estimate of drug-likeness (QED) is 0.862. The van der Waals surface area contributed by atoms with Crippen LogP contribution in [0.2, 0.25) is 0 Å². The number of phenolic OH excluding ortho intramolecular Hbond substituents is 1. The summed E-state index contributed by atoms with van der Waals surface area (Å²) in [7, 11) is 0. The Balaban J connectivity index is 1.54. The first kappa shape index (κ1) is 17.1. The van der Waals surface area contributed by atoms with E-state index in [4.69, 9.17) is 9.47 Å². The summed E-state index contributed by atoms with van der Waals surface area (Å²) >= 11 is 0. The first-order chi connectivity index (χ1) is 11.3. The molecule has 0 amide bonds. The second kappa shape index (κ2) is 6.28. The van der Waals surface area contributed by atoms with E-state index in [1.165, 1.54) is 0 Å². The van der Waals surface area contributed by atoms with Gasteiger partial charge in [0.05, 0.1) is 13.0 Å². The maximum atomic E-state index is 11.9. The van der Waals surface area contributed by atoms with E-state index < -0.39 is 5.60 Å². The third-order valence-electron chi connectivity index (χ3n) is 4.90. The van der Waals surface area contributed by atoms with Crippen molar-refractivity contribution in [3.8, 4) is 11.5 Å². The van der Waals surface area contributed by atoms with Crippen LogP contribution < -0.4 is 4.74 Å². The number of benzene rings is 1. The Labute approximate surface area is 143 Å². The molecule has 5 heteroatoms. The van der Waals surface area contributed by atoms with Gasteiger partial charge in [-0.25, -0.2) is 0 Å². The molecule has 1 saturated heterocycles. The number of esters is 1. The second-order valence-electron chi connectivity index (χ2n) is 7.93. The van der Waals surface area contributed by atoms with Gasteiger partial charge in [-0.05, 0) is 64.9 Å². The molecule has 2 aliphatic heterocycles. The molecular formula is C19H27NO4. The Morgan fingerprint density at radius 3 is 2.71 bits per heavy atom. The summed E-state index contributed by atoms with van der Waals surface area (Å²) < 4.78 is 11.2. The van der Waals surface area contributed by atoms with Gasteiger partial charge in [-0.15, -0.1) is 0 Å². The third kappa shape index (κ3) is 3.66. The van der Waals surface area contributed by atoms with Gasteiger partial charge in [0, 0.05) is 17.5 Å². The van der Waals surface area contributed by atoms with Crippen LogP contribution >= 0.6 is 0 Å². The molecule has 1 spiro atoms. The molecule has 0 aromatic heterocycles. The van der Waals surface area contributed by atoms with Crippen LogP contribution in [0.5, 0.6) is 11.5 Å². The van der Waals surface area contributed by atoms with Crippen molar-refractivity contribution in [3.05, 3.63) is 23.8 Å². The van der Waals surface area contributed by atoms with Crippen molar-refractivity contribution in [1.82, 2.24) is 4.90 Å². The van der Waals surface area contributed by atoms with Crippen LogP contribution in [0.15, 0.2) is 18.2 Å². The van der Waals surface area contributed by atoms with Gasteiger partial charge in [-0.3, -0.25) is 4.79 Å². The normalized spacial score (nSPS) is 19.8. The predicted octanol–water partition coefficient (Wildman–Crippen LogP) is 2.85. The number of piperidine rings is 1. The number of nitrogens with zero attached hydrogens (tertiary/aromatic N) is 1. The number of ether oxygens (including phenoxy) is 2. The van der Waals surface area contributed by atoms with Gasteiger partial charge in [-0.1, -0.05) is 0 Å². The second-order valence-corrected chi connectivity index (χ2v) is 7.93. The van der Waals surface area contributed by atoms with Gasteiger partial charge in [0.15, 0.2) is 0 Å². The van der Waals surface area contributed by atoms with Crippen molar-refractivity contribution in [2.45, 2.75) is 51.0 Å². The number of fused-ring (bicyclic) bond motifs is 2. The molecule has 3 rings (SSSR count). The predicted molar refractivity (Wildman–Crippen MR) is 91.4 cm³/mol. The van der Waals surface area contributed by atoms with E-state index in [1.54, 1.807) is 6.07 Å². The monoisotopic (exact) mass is 333 g/mol. The van der Waals surface area contributed by atoms with Gasteiger partial charge >= 0.3 is 5.97 Å². The summed E-state index contributed by atoms with van der Waals surface area (Å²) in [6.07, 6.45) is 2.40. The van der Waals surface area contributed by atoms with E-state index in [9.17, 15) is 9.90 Å². The molecule has 0 radical (unpaired) electrons. The van der Waals surface area contributed by atoms with Crippen LogP contribution in [0.1, 0.15) is 45.6 Å². The fourth-order valence-electron chi connectivity index (χ4n) is 3.61. The molecule has 1 aromatic carbocycles. The molecule has 0 atom stereocenters. The van der Waals surface area contributed by atoms with Gasteiger partial charge < -0.3 is 19.5 Å². The minimum Gasteiger partial charge on any atom is -0.508 e. The summed E-state index contributed by atoms with van der Waals surface area (Å²) in [4.78, 5) is 14.2. The highest BCUT2D eigenvalue weighted by molar-refractivity contribution is 5.70. The van der Waals surface area contributed by atoms with E-state index in [2.05, 4.69) is 4.90 Å². The number of carbonyl (C=O) groups is 1. The minimum absolute atomic E-state index is 0.0104. The molecule has 1 aromatic rings. The van der Waals surface area contributed by atoms with Crippen molar-refractivity contribution in [2.24, 2.45) is 0 Å². The van der Waals surface area contributed by atoms with Gasteiger partial charge in [0.2, 0.25) is 0 Å². The molecule has 0 saturated carbocycles. The topological polar surface area (TPSA) is 59.0 Å². The zero-order chi connectivity index (χ0) is 17.4. The highest BCUT2D eigenvalue weighted by atomic mass is 16.6. The third-order valence-corrected chi connectivity index (χ3v) is 4.90. The van der Waals surface area contributed by atoms with Crippen LogP contribution in [0.4, 0.5) is 0 Å². The standard InChI is InChI=1S/C19H27NO4/c1-18(2,3)24-17(22)6-9-20-10-7-19(8-11-20)13-23-16-5-4-14(21)12-15(16)19/h4-5,12,21H,6-11,13H2,1-3H3. The highest BCUT2D eigenvalue weighted by Crippen LogP contribution is 2.46. The number of likely N-dealkylation sites (tertiary alicyclic amines) is 1. The Bertz CT molecular complexity index is 612. The molecule has 2 heterocycles. The van der Waals surface area contributed by atoms with Gasteiger partial charge in [0.25, 0.3) is 0 Å². The fourth-order valence-corrected chi connectivity index (χ4v) is 3.61. The SMILES string of the molecule is CC(C)(C)OC(=O)CCN1CCC2(CC1)COc1ccc(O)cc12. The Morgan fingerprint density at radius 1 is 1.33 bits per heavy atom. The number of hydrogen-bond acceptors (Lipinski definition) is 5. The van der Waals surface area contributed by atoms with E-state index in [0.717, 1.165) is 43.8 Å². The molecule has 5 nitrogen and oxygen atoms in total. The zero-order valence-corrected chi connectivity index (χ0v) is 14.8. The Hall–Kier alpha value is -1.75. The maximum Gasteiger partial charge on any atom is 0.307 e. The lowest BCUT2D eigenvalue weighted by molar-refractivity contribution is -0.155. The zero-order valence-electron chi connectivity index (χ0n) is 14.8. The lowest BCUT2D eigenvalue weighted by Gasteiger charge is -2.38. The summed E-state index contributed by atoms with van der Waals surface area (Å²) in [5.41, 5.74) is 0.723. The molecule has 24 heavy (non-hydrogen) atoms. The molecule has 1 fully saturated rings. The number of carbonyl (C=O) groups excluding carboxylic acids is 1. The van der Waals surface area contributed by atoms with Crippen molar-refractivity contribution in [2.75, 3.05) is 26.2 Å². The first-order valence-corrected chi connectivity index (χ1v) is 8.68. The first-order valence-electron chi connectivity index (χ1n) is 8.68. The smallest absolute Gasteiger partial charge is 0.307 e. The van der Waals surface area contributed by atoms with Crippen molar-refractivity contribution < 1.29 is 19.4 Å². The van der Waals surface area contributed by atoms with Crippen LogP contribution in [0.3, 0.4) is 0 Å². The van der Waals surface area contributed by atoms with E-state index in [-0.39, 0.29) is 11.4 Å². The summed E-state index contributed by atoms with van der Waals surface area (Å²) in [6.45, 7) is 8.96. The number of rotatable bonds is 3. The molecule has 0 bridgehead atoms. The van der Waals surface area contributed by atoms with Gasteiger partial charge in [0.1, 0.15) is 17.1 Å². The molecule has 132 valence electrons. The summed E-state index contributed by atoms with van der Waals surface area (Å²) in [5, 5.41) is 9.78. The molecule has 2 aliphatic rings. The van der Waals surface area contributed by atoms with E-state index in [0.29, 0.717) is 18.8 Å². The van der Waals surface area contributed by atoms with Crippen LogP contribution in [-0.4, -0.2) is 47.8 Å². The molecule has 0 aliphatic carbocycles. The highest BCUT2D eigenvalue weighted by Gasteiger charge is 2.43. The van der Waals surface area contributed by atoms with Gasteiger partial charge in [-0.2, -0.15) is 0 Å². The molecule has 1 N–H and O–H groups in total. The minimum atomic E-state index is -0.421. The lowest BCUT2D eigenvalue weighted by Crippen LogP contribution is -2.44. The maximum absolute atomic E-state index is 11.9. The van der Waals surface area contributed by atoms with E-state index >= 15 is 0 Å². The van der Waals surface area contributed by atoms with Crippen molar-refractivity contribution >= 4 is 5.97 Å². The largest absolute Gasteiger partial charge is 0.508 e. The number of hydrogen-bond donors (Lipinski definition) is 1. The number of aromatic hydroxyl groups is 1. The Morgan fingerprint density at radius 2 is 2.04 bits per heavy atom. The lowest BCUT2D eigenvalue weighted by atomic mass is 9.74. The molecular weight excluding hydrogens is 306 g/mol. The molecule has 0 unspecified atom stereocenters. The van der Waals surface area contributed by atoms with Crippen LogP contribution in [0.25, 0.3) is 0 Å². The van der Waals surface area contributed by atoms with Crippen molar-refractivity contribution in [1.29, 1.82) is 0 Å². The summed E-state index contributed by atoms with van der Waals surface area (Å²) in [6, 6.07) is 5.38. The van der Waals surface area contributed by atoms with Crippen LogP contribution in [-0.2, 0) is 14.9 Å². The van der Waals surface area contributed by atoms with Crippen molar-refractivity contribution in [3.63, 3.8) is 0 Å². The average molecular weight is 333 g/mol. The Kier molecular flexibility index (Phi) is 4.47. The summed E-state index contributed by atoms with van der Waals surface area (Å²) in [5.74, 6) is 1.06.